The van der Waals surface area contributed by atoms with Crippen molar-refractivity contribution < 1.29 is 4.74 Å². The third-order valence-electron chi connectivity index (χ3n) is 3.62. The number of nitrogens with zero attached hydrogens (tertiary/aromatic N) is 2. The number of rotatable bonds is 6. The van der Waals surface area contributed by atoms with Crippen LogP contribution in [0.2, 0.25) is 0 Å². The Hall–Kier alpha value is -0.300. The summed E-state index contributed by atoms with van der Waals surface area (Å²) in [5, 5.41) is 3.39. The molecule has 0 unspecified atom stereocenters. The maximum absolute atomic E-state index is 5.40. The highest BCUT2D eigenvalue weighted by Crippen LogP contribution is 2.18. The standard InChI is InChI=1S/C15H29N3O.HI/c1-4-5-6-10-17-15(16-2)18(3)11-7-14-8-12-19-13-9-14;/h4-5,14H,6-13H2,1-3H3,(H,16,17);1H/b5-4+;. The largest absolute Gasteiger partial charge is 0.381 e. The van der Waals surface area contributed by atoms with E-state index in [1.807, 2.05) is 7.05 Å². The number of aliphatic imine (C=N–C) groups is 1. The van der Waals surface area contributed by atoms with Crippen molar-refractivity contribution in [3.8, 4) is 0 Å². The Kier molecular flexibility index (Phi) is 12.3. The molecule has 1 fully saturated rings. The molecule has 0 spiro atoms. The van der Waals surface area contributed by atoms with Gasteiger partial charge in [-0.1, -0.05) is 12.2 Å². The number of hydrogen-bond acceptors (Lipinski definition) is 2. The van der Waals surface area contributed by atoms with Crippen molar-refractivity contribution in [1.29, 1.82) is 0 Å². The Balaban J connectivity index is 0.00000361. The fourth-order valence-corrected chi connectivity index (χ4v) is 2.34. The Labute approximate surface area is 141 Å². The van der Waals surface area contributed by atoms with Gasteiger partial charge in [-0.2, -0.15) is 0 Å². The van der Waals surface area contributed by atoms with Gasteiger partial charge in [0.25, 0.3) is 0 Å². The van der Waals surface area contributed by atoms with Crippen LogP contribution in [-0.2, 0) is 4.74 Å². The van der Waals surface area contributed by atoms with Gasteiger partial charge < -0.3 is 15.0 Å². The van der Waals surface area contributed by atoms with E-state index in [1.54, 1.807) is 0 Å². The maximum atomic E-state index is 5.40. The average Bonchev–Trinajstić information content (AvgIpc) is 2.46. The zero-order valence-corrected chi connectivity index (χ0v) is 15.4. The van der Waals surface area contributed by atoms with Crippen LogP contribution < -0.4 is 5.32 Å². The Morgan fingerprint density at radius 3 is 2.70 bits per heavy atom. The third kappa shape index (κ3) is 8.09. The first-order chi connectivity index (χ1) is 9.27. The summed E-state index contributed by atoms with van der Waals surface area (Å²) in [5.41, 5.74) is 0. The first kappa shape index (κ1) is 19.7. The predicted octanol–water partition coefficient (Wildman–Crippen LogP) is 2.89. The lowest BCUT2D eigenvalue weighted by atomic mass is 9.96. The highest BCUT2D eigenvalue weighted by molar-refractivity contribution is 14.0. The Morgan fingerprint density at radius 1 is 1.40 bits per heavy atom. The zero-order valence-electron chi connectivity index (χ0n) is 13.1. The van der Waals surface area contributed by atoms with E-state index in [0.717, 1.165) is 44.6 Å². The third-order valence-corrected chi connectivity index (χ3v) is 3.62. The molecule has 5 heteroatoms. The van der Waals surface area contributed by atoms with Gasteiger partial charge in [0.1, 0.15) is 0 Å². The van der Waals surface area contributed by atoms with Crippen LogP contribution in [0.15, 0.2) is 17.1 Å². The van der Waals surface area contributed by atoms with Crippen LogP contribution in [0.25, 0.3) is 0 Å². The van der Waals surface area contributed by atoms with Crippen molar-refractivity contribution in [3.05, 3.63) is 12.2 Å². The number of nitrogens with one attached hydrogen (secondary N) is 1. The molecule has 0 aromatic heterocycles. The lowest BCUT2D eigenvalue weighted by Crippen LogP contribution is -2.40. The van der Waals surface area contributed by atoms with Crippen molar-refractivity contribution in [3.63, 3.8) is 0 Å². The van der Waals surface area contributed by atoms with Crippen LogP contribution in [0.5, 0.6) is 0 Å². The first-order valence-corrected chi connectivity index (χ1v) is 7.38. The van der Waals surface area contributed by atoms with Crippen LogP contribution in [0.4, 0.5) is 0 Å². The van der Waals surface area contributed by atoms with Crippen molar-refractivity contribution in [2.24, 2.45) is 10.9 Å². The van der Waals surface area contributed by atoms with E-state index in [0.29, 0.717) is 0 Å². The molecule has 0 radical (unpaired) electrons. The van der Waals surface area contributed by atoms with E-state index < -0.39 is 0 Å². The van der Waals surface area contributed by atoms with Gasteiger partial charge in [0.05, 0.1) is 0 Å². The molecule has 0 amide bonds. The quantitative estimate of drug-likeness (QED) is 0.247. The first-order valence-electron chi connectivity index (χ1n) is 7.38. The van der Waals surface area contributed by atoms with E-state index in [-0.39, 0.29) is 24.0 Å². The summed E-state index contributed by atoms with van der Waals surface area (Å²) in [7, 11) is 3.97. The lowest BCUT2D eigenvalue weighted by molar-refractivity contribution is 0.0625. The maximum Gasteiger partial charge on any atom is 0.193 e. The molecule has 1 saturated heterocycles. The van der Waals surface area contributed by atoms with Crippen molar-refractivity contribution in [2.75, 3.05) is 40.4 Å². The second-order valence-electron chi connectivity index (χ2n) is 5.10. The SMILES string of the molecule is C/C=C/CCNC(=NC)N(C)CCC1CCOCC1.I. The molecule has 1 heterocycles. The minimum absolute atomic E-state index is 0. The zero-order chi connectivity index (χ0) is 13.9. The number of allylic oxidation sites excluding steroid dienone is 1. The van der Waals surface area contributed by atoms with E-state index in [4.69, 9.17) is 4.74 Å². The topological polar surface area (TPSA) is 36.9 Å². The summed E-state index contributed by atoms with van der Waals surface area (Å²) >= 11 is 0. The summed E-state index contributed by atoms with van der Waals surface area (Å²) in [6, 6.07) is 0. The van der Waals surface area contributed by atoms with E-state index >= 15 is 0 Å². The molecule has 0 aromatic carbocycles. The van der Waals surface area contributed by atoms with Gasteiger partial charge >= 0.3 is 0 Å². The molecule has 0 aromatic rings. The molecular weight excluding hydrogens is 365 g/mol. The summed E-state index contributed by atoms with van der Waals surface area (Å²) in [6.45, 7) is 5.93. The average molecular weight is 395 g/mol. The molecule has 118 valence electrons. The van der Waals surface area contributed by atoms with Gasteiger partial charge in [-0.05, 0) is 38.5 Å². The molecule has 0 saturated carbocycles. The molecule has 20 heavy (non-hydrogen) atoms. The number of ether oxygens (including phenoxy) is 1. The smallest absolute Gasteiger partial charge is 0.193 e. The van der Waals surface area contributed by atoms with E-state index in [1.165, 1.54) is 19.3 Å². The summed E-state index contributed by atoms with van der Waals surface area (Å²) < 4.78 is 5.40. The molecule has 0 aliphatic carbocycles. The van der Waals surface area contributed by atoms with Gasteiger partial charge in [0, 0.05) is 40.4 Å². The predicted molar refractivity (Wildman–Crippen MR) is 97.0 cm³/mol. The van der Waals surface area contributed by atoms with Crippen molar-refractivity contribution >= 4 is 29.9 Å². The number of guanidine groups is 1. The van der Waals surface area contributed by atoms with Crippen LogP contribution in [0.3, 0.4) is 0 Å². The molecule has 1 rings (SSSR count). The monoisotopic (exact) mass is 395 g/mol. The lowest BCUT2D eigenvalue weighted by Gasteiger charge is -2.26. The van der Waals surface area contributed by atoms with E-state index in [9.17, 15) is 0 Å². The fourth-order valence-electron chi connectivity index (χ4n) is 2.34. The van der Waals surface area contributed by atoms with Crippen LogP contribution in [-0.4, -0.2) is 51.3 Å². The minimum atomic E-state index is 0. The molecule has 1 aliphatic heterocycles. The second kappa shape index (κ2) is 12.4. The van der Waals surface area contributed by atoms with Crippen LogP contribution >= 0.6 is 24.0 Å². The van der Waals surface area contributed by atoms with Gasteiger partial charge in [0.15, 0.2) is 5.96 Å². The molecule has 0 atom stereocenters. The Bertz CT molecular complexity index is 289. The second-order valence-corrected chi connectivity index (χ2v) is 5.10. The summed E-state index contributed by atoms with van der Waals surface area (Å²) in [6.07, 6.45) is 8.95. The van der Waals surface area contributed by atoms with Gasteiger partial charge in [-0.3, -0.25) is 4.99 Å². The van der Waals surface area contributed by atoms with Crippen LogP contribution in [0.1, 0.15) is 32.6 Å². The van der Waals surface area contributed by atoms with Crippen molar-refractivity contribution in [2.45, 2.75) is 32.6 Å². The van der Waals surface area contributed by atoms with Gasteiger partial charge in [0.2, 0.25) is 0 Å². The highest BCUT2D eigenvalue weighted by atomic mass is 127. The molecule has 0 bridgehead atoms. The molecular formula is C15H30IN3O. The van der Waals surface area contributed by atoms with Gasteiger partial charge in [-0.15, -0.1) is 24.0 Å². The van der Waals surface area contributed by atoms with Gasteiger partial charge in [-0.25, -0.2) is 0 Å². The fraction of sp³-hybridized carbons (Fsp3) is 0.800. The molecule has 4 nitrogen and oxygen atoms in total. The molecule has 1 aliphatic rings. The Morgan fingerprint density at radius 2 is 2.10 bits per heavy atom. The number of hydrogen-bond donors (Lipinski definition) is 1. The summed E-state index contributed by atoms with van der Waals surface area (Å²) in [4.78, 5) is 6.56. The normalized spacial score (nSPS) is 17.1. The molecule has 1 N–H and O–H groups in total. The highest BCUT2D eigenvalue weighted by Gasteiger charge is 2.15. The van der Waals surface area contributed by atoms with Crippen LogP contribution in [0, 0.1) is 5.92 Å². The summed E-state index contributed by atoms with van der Waals surface area (Å²) in [5.74, 6) is 1.81. The number of halogens is 1. The van der Waals surface area contributed by atoms with Crippen molar-refractivity contribution in [1.82, 2.24) is 10.2 Å². The van der Waals surface area contributed by atoms with E-state index in [2.05, 4.69) is 41.3 Å². The minimum Gasteiger partial charge on any atom is -0.381 e.